The Morgan fingerprint density at radius 1 is 1.05 bits per heavy atom. The topological polar surface area (TPSA) is 12.0 Å². The molecule has 1 fully saturated rings. The molecular weight excluding hydrogens is 242 g/mol. The van der Waals surface area contributed by atoms with Crippen LogP contribution in [-0.4, -0.2) is 12.6 Å². The number of rotatable bonds is 7. The Kier molecular flexibility index (Phi) is 5.26. The fourth-order valence-electron chi connectivity index (χ4n) is 4.23. The van der Waals surface area contributed by atoms with E-state index in [0.29, 0.717) is 11.5 Å². The first-order valence-corrected chi connectivity index (χ1v) is 8.54. The highest BCUT2D eigenvalue weighted by molar-refractivity contribution is 5.31. The average Bonchev–Trinajstić information content (AvgIpc) is 2.46. The summed E-state index contributed by atoms with van der Waals surface area (Å²) in [6.45, 7) is 10.3. The van der Waals surface area contributed by atoms with Crippen molar-refractivity contribution in [2.75, 3.05) is 6.54 Å². The molecule has 1 heteroatoms. The van der Waals surface area contributed by atoms with Crippen LogP contribution in [0.25, 0.3) is 0 Å². The molecule has 0 radical (unpaired) electrons. The van der Waals surface area contributed by atoms with Crippen LogP contribution in [0.4, 0.5) is 0 Å². The van der Waals surface area contributed by atoms with Gasteiger partial charge in [0.15, 0.2) is 0 Å². The zero-order valence-electron chi connectivity index (χ0n) is 13.7. The minimum atomic E-state index is 0.474. The lowest BCUT2D eigenvalue weighted by atomic mass is 9.52. The molecule has 0 bridgehead atoms. The zero-order valence-corrected chi connectivity index (χ0v) is 13.7. The third-order valence-corrected chi connectivity index (χ3v) is 5.55. The van der Waals surface area contributed by atoms with Crippen molar-refractivity contribution in [2.45, 2.75) is 71.8 Å². The second-order valence-electron chi connectivity index (χ2n) is 6.33. The second-order valence-corrected chi connectivity index (χ2v) is 6.33. The van der Waals surface area contributed by atoms with Crippen LogP contribution in [0, 0.1) is 5.41 Å². The van der Waals surface area contributed by atoms with Gasteiger partial charge in [0.2, 0.25) is 0 Å². The smallest absolute Gasteiger partial charge is 0.0135 e. The molecule has 1 aromatic carbocycles. The molecule has 0 spiro atoms. The van der Waals surface area contributed by atoms with E-state index in [0.717, 1.165) is 12.5 Å². The first-order chi connectivity index (χ1) is 9.71. The normalized spacial score (nSPS) is 24.4. The van der Waals surface area contributed by atoms with E-state index in [9.17, 15) is 0 Å². The van der Waals surface area contributed by atoms with Gasteiger partial charge in [-0.05, 0) is 54.7 Å². The van der Waals surface area contributed by atoms with Crippen LogP contribution in [0.3, 0.4) is 0 Å². The molecule has 0 aromatic heterocycles. The number of hydrogen-bond acceptors (Lipinski definition) is 1. The van der Waals surface area contributed by atoms with Crippen molar-refractivity contribution in [2.24, 2.45) is 5.41 Å². The molecule has 1 nitrogen and oxygen atoms in total. The summed E-state index contributed by atoms with van der Waals surface area (Å²) >= 11 is 0. The van der Waals surface area contributed by atoms with Gasteiger partial charge in [0.25, 0.3) is 0 Å². The number of hydrogen-bond donors (Lipinski definition) is 1. The highest BCUT2D eigenvalue weighted by Gasteiger charge is 2.52. The summed E-state index contributed by atoms with van der Waals surface area (Å²) in [4.78, 5) is 0. The third kappa shape index (κ3) is 2.65. The molecular formula is C19H31N. The van der Waals surface area contributed by atoms with Crippen LogP contribution in [0.5, 0.6) is 0 Å². The standard InChI is InChI=1S/C19H31N/c1-5-9-15-10-12-16(13-11-15)17-14-18(20-8-4)19(17,6-2)7-3/h10-13,17-18,20H,5-9,14H2,1-4H3. The Labute approximate surface area is 125 Å². The SMILES string of the molecule is CCCc1ccc(C2CC(NCC)C2(CC)CC)cc1. The van der Waals surface area contributed by atoms with Gasteiger partial charge in [0, 0.05) is 6.04 Å². The molecule has 1 aliphatic rings. The van der Waals surface area contributed by atoms with E-state index < -0.39 is 0 Å². The number of aryl methyl sites for hydroxylation is 1. The van der Waals surface area contributed by atoms with E-state index in [1.165, 1.54) is 37.7 Å². The lowest BCUT2D eigenvalue weighted by Crippen LogP contribution is -2.58. The maximum Gasteiger partial charge on any atom is 0.0135 e. The van der Waals surface area contributed by atoms with Gasteiger partial charge >= 0.3 is 0 Å². The van der Waals surface area contributed by atoms with E-state index in [-0.39, 0.29) is 0 Å². The summed E-state index contributed by atoms with van der Waals surface area (Å²) in [6.07, 6.45) is 6.31. The van der Waals surface area contributed by atoms with Crippen molar-refractivity contribution in [3.63, 3.8) is 0 Å². The van der Waals surface area contributed by atoms with Gasteiger partial charge in [0.05, 0.1) is 0 Å². The van der Waals surface area contributed by atoms with Crippen LogP contribution in [0.1, 0.15) is 70.4 Å². The number of nitrogens with one attached hydrogen (secondary N) is 1. The quantitative estimate of drug-likeness (QED) is 0.744. The first kappa shape index (κ1) is 15.6. The zero-order chi connectivity index (χ0) is 14.6. The maximum absolute atomic E-state index is 3.71. The van der Waals surface area contributed by atoms with Crippen LogP contribution in [0.2, 0.25) is 0 Å². The van der Waals surface area contributed by atoms with E-state index in [1.54, 1.807) is 5.56 Å². The maximum atomic E-state index is 3.71. The van der Waals surface area contributed by atoms with Crippen LogP contribution < -0.4 is 5.32 Å². The van der Waals surface area contributed by atoms with Gasteiger partial charge < -0.3 is 5.32 Å². The lowest BCUT2D eigenvalue weighted by Gasteiger charge is -2.56. The van der Waals surface area contributed by atoms with E-state index in [4.69, 9.17) is 0 Å². The van der Waals surface area contributed by atoms with Gasteiger partial charge in [-0.3, -0.25) is 0 Å². The highest BCUT2D eigenvalue weighted by Crippen LogP contribution is 2.57. The predicted octanol–water partition coefficient (Wildman–Crippen LogP) is 4.91. The molecule has 2 unspecified atom stereocenters. The number of benzene rings is 1. The average molecular weight is 273 g/mol. The van der Waals surface area contributed by atoms with Gasteiger partial charge in [0.1, 0.15) is 0 Å². The Morgan fingerprint density at radius 3 is 2.20 bits per heavy atom. The molecule has 2 rings (SSSR count). The molecule has 1 aliphatic carbocycles. The van der Waals surface area contributed by atoms with Crippen LogP contribution in [-0.2, 0) is 6.42 Å². The van der Waals surface area contributed by atoms with Crippen molar-refractivity contribution in [1.29, 1.82) is 0 Å². The fraction of sp³-hybridized carbons (Fsp3) is 0.684. The molecule has 1 aromatic rings. The highest BCUT2D eigenvalue weighted by atomic mass is 15.0. The van der Waals surface area contributed by atoms with Crippen LogP contribution in [0.15, 0.2) is 24.3 Å². The van der Waals surface area contributed by atoms with E-state index in [1.807, 2.05) is 0 Å². The van der Waals surface area contributed by atoms with E-state index >= 15 is 0 Å². The Morgan fingerprint density at radius 2 is 1.70 bits per heavy atom. The van der Waals surface area contributed by atoms with Crippen molar-refractivity contribution in [3.05, 3.63) is 35.4 Å². The minimum Gasteiger partial charge on any atom is -0.314 e. The summed E-state index contributed by atoms with van der Waals surface area (Å²) in [6, 6.07) is 10.2. The Balaban J connectivity index is 2.15. The predicted molar refractivity (Wildman–Crippen MR) is 88.3 cm³/mol. The van der Waals surface area contributed by atoms with Crippen LogP contribution >= 0.6 is 0 Å². The second kappa shape index (κ2) is 6.76. The lowest BCUT2D eigenvalue weighted by molar-refractivity contribution is 0.0210. The summed E-state index contributed by atoms with van der Waals surface area (Å²) in [5, 5.41) is 3.71. The molecule has 0 heterocycles. The molecule has 0 aliphatic heterocycles. The molecule has 1 N–H and O–H groups in total. The van der Waals surface area contributed by atoms with E-state index in [2.05, 4.69) is 57.3 Å². The summed E-state index contributed by atoms with van der Waals surface area (Å²) < 4.78 is 0. The van der Waals surface area contributed by atoms with Gasteiger partial charge in [-0.2, -0.15) is 0 Å². The minimum absolute atomic E-state index is 0.474. The summed E-state index contributed by atoms with van der Waals surface area (Å²) in [5.41, 5.74) is 3.52. The van der Waals surface area contributed by atoms with Gasteiger partial charge in [-0.1, -0.05) is 58.4 Å². The fourth-order valence-corrected chi connectivity index (χ4v) is 4.23. The molecule has 20 heavy (non-hydrogen) atoms. The third-order valence-electron chi connectivity index (χ3n) is 5.55. The first-order valence-electron chi connectivity index (χ1n) is 8.54. The molecule has 0 amide bonds. The Bertz CT molecular complexity index is 402. The summed E-state index contributed by atoms with van der Waals surface area (Å²) in [5.74, 6) is 0.747. The molecule has 1 saturated carbocycles. The van der Waals surface area contributed by atoms with Crippen molar-refractivity contribution >= 4 is 0 Å². The van der Waals surface area contributed by atoms with Gasteiger partial charge in [-0.25, -0.2) is 0 Å². The molecule has 112 valence electrons. The van der Waals surface area contributed by atoms with Crippen molar-refractivity contribution in [3.8, 4) is 0 Å². The molecule has 2 atom stereocenters. The largest absolute Gasteiger partial charge is 0.314 e. The van der Waals surface area contributed by atoms with Crippen molar-refractivity contribution < 1.29 is 0 Å². The Hall–Kier alpha value is -0.820. The van der Waals surface area contributed by atoms with Crippen molar-refractivity contribution in [1.82, 2.24) is 5.32 Å². The summed E-state index contributed by atoms with van der Waals surface area (Å²) in [7, 11) is 0. The molecule has 0 saturated heterocycles. The van der Waals surface area contributed by atoms with Gasteiger partial charge in [-0.15, -0.1) is 0 Å². The monoisotopic (exact) mass is 273 g/mol.